The summed E-state index contributed by atoms with van der Waals surface area (Å²) >= 11 is 0. The zero-order valence-electron chi connectivity index (χ0n) is 10.9. The van der Waals surface area contributed by atoms with Gasteiger partial charge in [0.2, 0.25) is 0 Å². The van der Waals surface area contributed by atoms with Gasteiger partial charge in [-0.05, 0) is 12.1 Å². The fraction of sp³-hybridized carbons (Fsp3) is 0.0769. The van der Waals surface area contributed by atoms with E-state index in [-0.39, 0.29) is 11.3 Å². The number of phenols is 1. The molecule has 0 saturated heterocycles. The normalized spacial score (nSPS) is 10.1. The monoisotopic (exact) mass is 289 g/mol. The lowest BCUT2D eigenvalue weighted by Crippen LogP contribution is -2.20. The van der Waals surface area contributed by atoms with Crippen LogP contribution in [0, 0.1) is 10.1 Å². The Hall–Kier alpha value is -3.16. The first-order valence-electron chi connectivity index (χ1n) is 5.84. The summed E-state index contributed by atoms with van der Waals surface area (Å²) in [5, 5.41) is 22.8. The molecule has 8 nitrogen and oxygen atoms in total. The number of para-hydroxylation sites is 1. The average Bonchev–Trinajstić information content (AvgIpc) is 2.43. The van der Waals surface area contributed by atoms with Crippen LogP contribution >= 0.6 is 0 Å². The van der Waals surface area contributed by atoms with Crippen LogP contribution in [0.1, 0.15) is 10.4 Å². The SMILES string of the molecule is Cn1ccc(C(=O)Nc2c(O)cccc2[N+](=O)[O-])cc1=O. The van der Waals surface area contributed by atoms with Crippen molar-refractivity contribution in [2.45, 2.75) is 0 Å². The van der Waals surface area contributed by atoms with Gasteiger partial charge in [0.15, 0.2) is 5.69 Å². The Kier molecular flexibility index (Phi) is 3.70. The predicted octanol–water partition coefficient (Wildman–Crippen LogP) is 1.25. The lowest BCUT2D eigenvalue weighted by Gasteiger charge is -2.08. The molecule has 8 heteroatoms. The van der Waals surface area contributed by atoms with Crippen molar-refractivity contribution < 1.29 is 14.8 Å². The maximum absolute atomic E-state index is 12.0. The number of hydrogen-bond donors (Lipinski definition) is 2. The van der Waals surface area contributed by atoms with Crippen LogP contribution in [0.4, 0.5) is 11.4 Å². The molecular weight excluding hydrogens is 278 g/mol. The summed E-state index contributed by atoms with van der Waals surface area (Å²) in [5.74, 6) is -1.15. The average molecular weight is 289 g/mol. The molecule has 0 aliphatic rings. The molecule has 1 heterocycles. The molecule has 0 atom stereocenters. The van der Waals surface area contributed by atoms with Gasteiger partial charge < -0.3 is 15.0 Å². The second-order valence-corrected chi connectivity index (χ2v) is 4.25. The zero-order valence-corrected chi connectivity index (χ0v) is 10.9. The highest BCUT2D eigenvalue weighted by Crippen LogP contribution is 2.33. The molecule has 0 saturated carbocycles. The van der Waals surface area contributed by atoms with Gasteiger partial charge in [0, 0.05) is 30.9 Å². The predicted molar refractivity (Wildman–Crippen MR) is 74.4 cm³/mol. The molecule has 1 aromatic heterocycles. The molecule has 0 aliphatic heterocycles. The molecule has 1 amide bonds. The smallest absolute Gasteiger partial charge is 0.296 e. The van der Waals surface area contributed by atoms with Crippen LogP contribution < -0.4 is 10.9 Å². The molecule has 108 valence electrons. The minimum absolute atomic E-state index is 0.0376. The van der Waals surface area contributed by atoms with Crippen LogP contribution in [0.25, 0.3) is 0 Å². The van der Waals surface area contributed by atoms with Gasteiger partial charge in [-0.15, -0.1) is 0 Å². The number of amides is 1. The molecule has 21 heavy (non-hydrogen) atoms. The Labute approximate surface area is 118 Å². The first-order valence-corrected chi connectivity index (χ1v) is 5.84. The third kappa shape index (κ3) is 2.89. The van der Waals surface area contributed by atoms with Crippen molar-refractivity contribution in [1.82, 2.24) is 4.57 Å². The zero-order chi connectivity index (χ0) is 15.6. The molecule has 2 aromatic rings. The Morgan fingerprint density at radius 3 is 2.71 bits per heavy atom. The van der Waals surface area contributed by atoms with E-state index >= 15 is 0 Å². The second kappa shape index (κ2) is 5.45. The van der Waals surface area contributed by atoms with E-state index in [4.69, 9.17) is 0 Å². The second-order valence-electron chi connectivity index (χ2n) is 4.25. The van der Waals surface area contributed by atoms with Crippen LogP contribution in [0.3, 0.4) is 0 Å². The number of nitro groups is 1. The van der Waals surface area contributed by atoms with Crippen LogP contribution in [-0.2, 0) is 7.05 Å². The van der Waals surface area contributed by atoms with Crippen molar-refractivity contribution in [3.8, 4) is 5.75 Å². The highest BCUT2D eigenvalue weighted by molar-refractivity contribution is 6.06. The molecule has 2 rings (SSSR count). The Morgan fingerprint density at radius 2 is 2.10 bits per heavy atom. The number of nitrogens with zero attached hydrogens (tertiary/aromatic N) is 2. The minimum atomic E-state index is -0.725. The molecular formula is C13H11N3O5. The maximum atomic E-state index is 12.0. The van der Waals surface area contributed by atoms with Gasteiger partial charge in [0.05, 0.1) is 4.92 Å². The molecule has 2 N–H and O–H groups in total. The van der Waals surface area contributed by atoms with E-state index in [0.717, 1.165) is 12.1 Å². The van der Waals surface area contributed by atoms with Gasteiger partial charge in [-0.3, -0.25) is 19.7 Å². The maximum Gasteiger partial charge on any atom is 0.296 e. The van der Waals surface area contributed by atoms with Crippen LogP contribution in [0.2, 0.25) is 0 Å². The van der Waals surface area contributed by atoms with E-state index in [1.165, 1.54) is 36.0 Å². The van der Waals surface area contributed by atoms with Gasteiger partial charge in [-0.2, -0.15) is 0 Å². The topological polar surface area (TPSA) is 114 Å². The van der Waals surface area contributed by atoms with Crippen molar-refractivity contribution in [3.05, 3.63) is 62.6 Å². The number of hydrogen-bond acceptors (Lipinski definition) is 5. The number of carbonyl (C=O) groups is 1. The van der Waals surface area contributed by atoms with E-state index in [0.29, 0.717) is 0 Å². The number of nitrogens with one attached hydrogen (secondary N) is 1. The van der Waals surface area contributed by atoms with E-state index in [1.54, 1.807) is 0 Å². The highest BCUT2D eigenvalue weighted by atomic mass is 16.6. The number of nitro benzene ring substituents is 1. The molecule has 0 aliphatic carbocycles. The van der Waals surface area contributed by atoms with E-state index in [2.05, 4.69) is 5.32 Å². The standard InChI is InChI=1S/C13H11N3O5/c1-15-6-5-8(7-11(15)18)13(19)14-12-9(16(20)21)3-2-4-10(12)17/h2-7,17H,1H3,(H,14,19). The number of pyridine rings is 1. The van der Waals surface area contributed by atoms with E-state index < -0.39 is 27.8 Å². The summed E-state index contributed by atoms with van der Waals surface area (Å²) in [4.78, 5) is 33.6. The summed E-state index contributed by atoms with van der Waals surface area (Å²) < 4.78 is 1.28. The molecule has 1 aromatic carbocycles. The first kappa shape index (κ1) is 14.3. The number of benzene rings is 1. The number of rotatable bonds is 3. The molecule has 0 fully saturated rings. The number of aromatic nitrogens is 1. The largest absolute Gasteiger partial charge is 0.505 e. The Bertz CT molecular complexity index is 782. The van der Waals surface area contributed by atoms with Crippen molar-refractivity contribution in [2.24, 2.45) is 7.05 Å². The summed E-state index contributed by atoms with van der Waals surface area (Å²) in [7, 11) is 1.53. The lowest BCUT2D eigenvalue weighted by molar-refractivity contribution is -0.384. The molecule has 0 unspecified atom stereocenters. The van der Waals surface area contributed by atoms with Gasteiger partial charge >= 0.3 is 0 Å². The number of carbonyl (C=O) groups excluding carboxylic acids is 1. The van der Waals surface area contributed by atoms with Crippen LogP contribution in [0.5, 0.6) is 5.75 Å². The fourth-order valence-electron chi connectivity index (χ4n) is 1.68. The molecule has 0 bridgehead atoms. The van der Waals surface area contributed by atoms with Gasteiger partial charge in [0.1, 0.15) is 5.75 Å². The van der Waals surface area contributed by atoms with Gasteiger partial charge in [-0.1, -0.05) is 6.07 Å². The Balaban J connectivity index is 2.38. The third-order valence-electron chi connectivity index (χ3n) is 2.82. The lowest BCUT2D eigenvalue weighted by atomic mass is 10.2. The van der Waals surface area contributed by atoms with Crippen LogP contribution in [0.15, 0.2) is 41.3 Å². The van der Waals surface area contributed by atoms with Gasteiger partial charge in [0.25, 0.3) is 17.2 Å². The quantitative estimate of drug-likeness (QED) is 0.501. The van der Waals surface area contributed by atoms with E-state index in [1.807, 2.05) is 0 Å². The fourth-order valence-corrected chi connectivity index (χ4v) is 1.68. The van der Waals surface area contributed by atoms with Crippen molar-refractivity contribution in [1.29, 1.82) is 0 Å². The minimum Gasteiger partial charge on any atom is -0.505 e. The summed E-state index contributed by atoms with van der Waals surface area (Å²) in [6.45, 7) is 0. The number of aromatic hydroxyl groups is 1. The Morgan fingerprint density at radius 1 is 1.38 bits per heavy atom. The van der Waals surface area contributed by atoms with E-state index in [9.17, 15) is 24.8 Å². The van der Waals surface area contributed by atoms with Gasteiger partial charge in [-0.25, -0.2) is 0 Å². The summed E-state index contributed by atoms with van der Waals surface area (Å²) in [5.41, 5.74) is -1.11. The number of aryl methyl sites for hydroxylation is 1. The summed E-state index contributed by atoms with van der Waals surface area (Å²) in [6, 6.07) is 6.15. The molecule has 0 radical (unpaired) electrons. The number of phenolic OH excluding ortho intramolecular Hbond substituents is 1. The third-order valence-corrected chi connectivity index (χ3v) is 2.82. The first-order chi connectivity index (χ1) is 9.90. The van der Waals surface area contributed by atoms with Crippen molar-refractivity contribution in [2.75, 3.05) is 5.32 Å². The van der Waals surface area contributed by atoms with Crippen molar-refractivity contribution in [3.63, 3.8) is 0 Å². The highest BCUT2D eigenvalue weighted by Gasteiger charge is 2.20. The van der Waals surface area contributed by atoms with Crippen molar-refractivity contribution >= 4 is 17.3 Å². The molecule has 0 spiro atoms. The van der Waals surface area contributed by atoms with Crippen LogP contribution in [-0.4, -0.2) is 20.5 Å². The summed E-state index contributed by atoms with van der Waals surface area (Å²) in [6.07, 6.45) is 1.40. The number of anilines is 1.